The minimum Gasteiger partial charge on any atom is -0.465 e. The first-order chi connectivity index (χ1) is 17.1. The van der Waals surface area contributed by atoms with Gasteiger partial charge in [-0.1, -0.05) is 80.1 Å². The van der Waals surface area contributed by atoms with Crippen molar-refractivity contribution in [1.82, 2.24) is 0 Å². The van der Waals surface area contributed by atoms with Crippen molar-refractivity contribution in [1.29, 1.82) is 0 Å². The van der Waals surface area contributed by atoms with E-state index >= 15 is 0 Å². The Labute approximate surface area is 224 Å². The van der Waals surface area contributed by atoms with Crippen LogP contribution in [-0.2, 0) is 19.1 Å². The van der Waals surface area contributed by atoms with Crippen molar-refractivity contribution in [2.45, 2.75) is 157 Å². The van der Waals surface area contributed by atoms with Crippen molar-refractivity contribution < 1.29 is 19.1 Å². The normalized spacial score (nSPS) is 18.7. The second-order valence-corrected chi connectivity index (χ2v) is 13.0. The first kappa shape index (κ1) is 33.0. The van der Waals surface area contributed by atoms with E-state index < -0.39 is 0 Å². The van der Waals surface area contributed by atoms with E-state index in [2.05, 4.69) is 41.5 Å². The molecule has 1 saturated carbocycles. The fraction of sp³-hybridized carbons (Fsp3) is 0.938. The smallest absolute Gasteiger partial charge is 0.308 e. The summed E-state index contributed by atoms with van der Waals surface area (Å²) >= 11 is 0. The number of hydrogen-bond donors (Lipinski definition) is 0. The van der Waals surface area contributed by atoms with Gasteiger partial charge < -0.3 is 9.47 Å². The van der Waals surface area contributed by atoms with Gasteiger partial charge in [0.2, 0.25) is 0 Å². The van der Waals surface area contributed by atoms with Crippen LogP contribution in [0.15, 0.2) is 0 Å². The van der Waals surface area contributed by atoms with Crippen LogP contribution in [0.4, 0.5) is 0 Å². The molecule has 0 unspecified atom stereocenters. The molecule has 0 heterocycles. The van der Waals surface area contributed by atoms with Crippen molar-refractivity contribution in [2.75, 3.05) is 13.2 Å². The van der Waals surface area contributed by atoms with Gasteiger partial charge in [0.1, 0.15) is 0 Å². The third-order valence-electron chi connectivity index (χ3n) is 8.29. The van der Waals surface area contributed by atoms with Gasteiger partial charge >= 0.3 is 11.9 Å². The first-order valence-electron chi connectivity index (χ1n) is 15.4. The lowest BCUT2D eigenvalue weighted by molar-refractivity contribution is -0.155. The van der Waals surface area contributed by atoms with Crippen molar-refractivity contribution in [2.24, 2.45) is 22.7 Å². The topological polar surface area (TPSA) is 52.6 Å². The molecule has 0 radical (unpaired) electrons. The van der Waals surface area contributed by atoms with Crippen LogP contribution in [0.2, 0.25) is 0 Å². The van der Waals surface area contributed by atoms with Crippen LogP contribution in [-0.4, -0.2) is 25.2 Å². The van der Waals surface area contributed by atoms with Gasteiger partial charge in [0.15, 0.2) is 0 Å². The number of carbonyl (C=O) groups is 2. The Balaban J connectivity index is 2.12. The number of hydrogen-bond acceptors (Lipinski definition) is 4. The summed E-state index contributed by atoms with van der Waals surface area (Å²) in [4.78, 5) is 25.0. The van der Waals surface area contributed by atoms with E-state index in [1.165, 1.54) is 64.2 Å². The van der Waals surface area contributed by atoms with Crippen LogP contribution in [0.1, 0.15) is 157 Å². The standard InChI is InChI=1S/C32H60O4/c1-7-9-11-21-31(3,4)23-13-15-25-35-29(33)27-17-19-28(20-18-27)30(34)36-26-16-14-24-32(5,6)22-12-10-8-2/h27-28H,7-26H2,1-6H3. The molecular weight excluding hydrogens is 448 g/mol. The van der Waals surface area contributed by atoms with E-state index in [1.807, 2.05) is 0 Å². The number of unbranched alkanes of at least 4 members (excludes halogenated alkanes) is 6. The van der Waals surface area contributed by atoms with Gasteiger partial charge in [-0.15, -0.1) is 0 Å². The molecule has 0 aromatic carbocycles. The summed E-state index contributed by atoms with van der Waals surface area (Å²) < 4.78 is 11.2. The molecule has 1 fully saturated rings. The van der Waals surface area contributed by atoms with Crippen LogP contribution in [0.5, 0.6) is 0 Å². The van der Waals surface area contributed by atoms with Gasteiger partial charge in [0.25, 0.3) is 0 Å². The fourth-order valence-corrected chi connectivity index (χ4v) is 5.51. The average molecular weight is 509 g/mol. The molecule has 0 aromatic heterocycles. The van der Waals surface area contributed by atoms with Crippen molar-refractivity contribution in [3.8, 4) is 0 Å². The zero-order valence-corrected chi connectivity index (χ0v) is 24.9. The Morgan fingerprint density at radius 3 is 1.17 bits per heavy atom. The molecule has 0 atom stereocenters. The Kier molecular flexibility index (Phi) is 16.7. The summed E-state index contributed by atoms with van der Waals surface area (Å²) in [6, 6.07) is 0. The third-order valence-corrected chi connectivity index (χ3v) is 8.29. The lowest BCUT2D eigenvalue weighted by Crippen LogP contribution is -2.28. The molecule has 36 heavy (non-hydrogen) atoms. The quantitative estimate of drug-likeness (QED) is 0.121. The Hall–Kier alpha value is -1.06. The van der Waals surface area contributed by atoms with E-state index in [9.17, 15) is 9.59 Å². The largest absolute Gasteiger partial charge is 0.465 e. The summed E-state index contributed by atoms with van der Waals surface area (Å²) in [6.07, 6.45) is 19.8. The first-order valence-corrected chi connectivity index (χ1v) is 15.4. The van der Waals surface area contributed by atoms with E-state index in [0.29, 0.717) is 24.0 Å². The summed E-state index contributed by atoms with van der Waals surface area (Å²) in [6.45, 7) is 15.0. The van der Waals surface area contributed by atoms with Crippen LogP contribution >= 0.6 is 0 Å². The molecule has 0 saturated heterocycles. The monoisotopic (exact) mass is 508 g/mol. The average Bonchev–Trinajstić information content (AvgIpc) is 2.83. The van der Waals surface area contributed by atoms with Crippen molar-refractivity contribution in [3.05, 3.63) is 0 Å². The maximum absolute atomic E-state index is 12.5. The van der Waals surface area contributed by atoms with Gasteiger partial charge in [0.05, 0.1) is 25.0 Å². The molecule has 0 aliphatic heterocycles. The highest BCUT2D eigenvalue weighted by atomic mass is 16.5. The maximum atomic E-state index is 12.5. The Morgan fingerprint density at radius 1 is 0.556 bits per heavy atom. The third kappa shape index (κ3) is 15.3. The second kappa shape index (κ2) is 18.2. The van der Waals surface area contributed by atoms with Crippen LogP contribution in [0.25, 0.3) is 0 Å². The molecule has 1 rings (SSSR count). The highest BCUT2D eigenvalue weighted by Gasteiger charge is 2.31. The van der Waals surface area contributed by atoms with Gasteiger partial charge in [0, 0.05) is 0 Å². The minimum absolute atomic E-state index is 0.0468. The van der Waals surface area contributed by atoms with Crippen molar-refractivity contribution in [3.63, 3.8) is 0 Å². The molecule has 1 aliphatic rings. The number of esters is 2. The highest BCUT2D eigenvalue weighted by molar-refractivity contribution is 5.75. The maximum Gasteiger partial charge on any atom is 0.308 e. The Morgan fingerprint density at radius 2 is 0.861 bits per heavy atom. The van der Waals surface area contributed by atoms with Gasteiger partial charge in [-0.2, -0.15) is 0 Å². The SMILES string of the molecule is CCCCCC(C)(C)CCCCOC(=O)C1CCC(C(=O)OCCCCC(C)(C)CCCCC)CC1. The molecule has 0 spiro atoms. The van der Waals surface area contributed by atoms with E-state index in [0.717, 1.165) is 51.4 Å². The minimum atomic E-state index is -0.0643. The molecule has 0 N–H and O–H groups in total. The van der Waals surface area contributed by atoms with E-state index in [-0.39, 0.29) is 23.8 Å². The summed E-state index contributed by atoms with van der Waals surface area (Å²) in [5.74, 6) is -0.222. The molecule has 0 bridgehead atoms. The fourth-order valence-electron chi connectivity index (χ4n) is 5.51. The van der Waals surface area contributed by atoms with E-state index in [4.69, 9.17) is 9.47 Å². The van der Waals surface area contributed by atoms with Gasteiger partial charge in [-0.3, -0.25) is 9.59 Å². The highest BCUT2D eigenvalue weighted by Crippen LogP contribution is 2.32. The predicted molar refractivity (Wildman–Crippen MR) is 151 cm³/mol. The summed E-state index contributed by atoms with van der Waals surface area (Å²) in [5, 5.41) is 0. The van der Waals surface area contributed by atoms with Crippen LogP contribution in [0.3, 0.4) is 0 Å². The number of carbonyl (C=O) groups excluding carboxylic acids is 2. The zero-order chi connectivity index (χ0) is 26.9. The van der Waals surface area contributed by atoms with Gasteiger partial charge in [-0.05, 0) is 87.9 Å². The lowest BCUT2D eigenvalue weighted by atomic mass is 9.82. The molecule has 1 aliphatic carbocycles. The second-order valence-electron chi connectivity index (χ2n) is 13.0. The number of ether oxygens (including phenoxy) is 2. The van der Waals surface area contributed by atoms with Crippen LogP contribution in [0, 0.1) is 22.7 Å². The van der Waals surface area contributed by atoms with Gasteiger partial charge in [-0.25, -0.2) is 0 Å². The molecule has 4 nitrogen and oxygen atoms in total. The predicted octanol–water partition coefficient (Wildman–Crippen LogP) is 9.43. The summed E-state index contributed by atoms with van der Waals surface area (Å²) in [7, 11) is 0. The molecule has 0 aromatic rings. The zero-order valence-electron chi connectivity index (χ0n) is 24.9. The summed E-state index contributed by atoms with van der Waals surface area (Å²) in [5.41, 5.74) is 0.772. The molecular formula is C32H60O4. The lowest BCUT2D eigenvalue weighted by Gasteiger charge is -2.26. The number of rotatable bonds is 20. The Bertz CT molecular complexity index is 535. The molecule has 4 heteroatoms. The van der Waals surface area contributed by atoms with Crippen LogP contribution < -0.4 is 0 Å². The van der Waals surface area contributed by atoms with E-state index in [1.54, 1.807) is 0 Å². The van der Waals surface area contributed by atoms with Crippen molar-refractivity contribution >= 4 is 11.9 Å². The molecule has 212 valence electrons. The molecule has 0 amide bonds.